The van der Waals surface area contributed by atoms with Crippen LogP contribution in [0.2, 0.25) is 0 Å². The predicted molar refractivity (Wildman–Crippen MR) is 112 cm³/mol. The van der Waals surface area contributed by atoms with Gasteiger partial charge >= 0.3 is 0 Å². The lowest BCUT2D eigenvalue weighted by molar-refractivity contribution is -0.122. The van der Waals surface area contributed by atoms with Gasteiger partial charge in [0.1, 0.15) is 0 Å². The molecule has 0 unspecified atom stereocenters. The molecule has 0 radical (unpaired) electrons. The van der Waals surface area contributed by atoms with Gasteiger partial charge in [0.05, 0.1) is 18.6 Å². The summed E-state index contributed by atoms with van der Waals surface area (Å²) in [6, 6.07) is 15.3. The quantitative estimate of drug-likeness (QED) is 0.601. The molecule has 0 spiro atoms. The molecule has 0 N–H and O–H groups in total. The second kappa shape index (κ2) is 9.46. The Hall–Kier alpha value is -2.73. The molecule has 0 saturated carbocycles. The van der Waals surface area contributed by atoms with E-state index >= 15 is 0 Å². The van der Waals surface area contributed by atoms with Crippen LogP contribution < -0.4 is 9.47 Å². The van der Waals surface area contributed by atoms with E-state index in [0.29, 0.717) is 36.0 Å². The first-order valence-electron chi connectivity index (χ1n) is 9.22. The van der Waals surface area contributed by atoms with Gasteiger partial charge in [-0.15, -0.1) is 0 Å². The van der Waals surface area contributed by atoms with Gasteiger partial charge in [0, 0.05) is 6.54 Å². The number of rotatable bonds is 8. The molecule has 146 valence electrons. The number of amides is 2. The van der Waals surface area contributed by atoms with Crippen molar-refractivity contribution in [1.82, 2.24) is 4.90 Å². The lowest BCUT2D eigenvalue weighted by Gasteiger charge is -2.12. The van der Waals surface area contributed by atoms with Gasteiger partial charge in [0.15, 0.2) is 11.5 Å². The summed E-state index contributed by atoms with van der Waals surface area (Å²) < 4.78 is 11.0. The van der Waals surface area contributed by atoms with Crippen molar-refractivity contribution in [1.29, 1.82) is 0 Å². The van der Waals surface area contributed by atoms with Gasteiger partial charge in [-0.1, -0.05) is 43.3 Å². The number of imide groups is 1. The number of hydrogen-bond donors (Lipinski definition) is 0. The van der Waals surface area contributed by atoms with Crippen LogP contribution in [0.25, 0.3) is 6.08 Å². The molecule has 1 aliphatic rings. The molecule has 1 saturated heterocycles. The lowest BCUT2D eigenvalue weighted by Crippen LogP contribution is -2.30. The highest BCUT2D eigenvalue weighted by molar-refractivity contribution is 8.18. The van der Waals surface area contributed by atoms with Crippen molar-refractivity contribution in [3.8, 4) is 11.5 Å². The van der Waals surface area contributed by atoms with Crippen LogP contribution in [-0.2, 0) is 11.2 Å². The highest BCUT2D eigenvalue weighted by Crippen LogP contribution is 2.34. The number of hydrogen-bond acceptors (Lipinski definition) is 5. The maximum Gasteiger partial charge on any atom is 0.293 e. The standard InChI is InChI=1S/C22H23NO4S/c1-3-13-27-18-10-9-17(14-19(18)26-2)15-20-21(24)23(22(25)28-20)12-11-16-7-5-4-6-8-16/h4-10,14-15H,3,11-13H2,1-2H3/b20-15-. The molecule has 3 rings (SSSR count). The van der Waals surface area contributed by atoms with Crippen molar-refractivity contribution in [3.05, 3.63) is 64.6 Å². The SMILES string of the molecule is CCCOc1ccc(/C=C2\SC(=O)N(CCc3ccccc3)C2=O)cc1OC. The zero-order chi connectivity index (χ0) is 19.9. The molecular formula is C22H23NO4S. The van der Waals surface area contributed by atoms with E-state index < -0.39 is 0 Å². The number of carbonyl (C=O) groups excluding carboxylic acids is 2. The number of ether oxygens (including phenoxy) is 2. The molecular weight excluding hydrogens is 374 g/mol. The fourth-order valence-corrected chi connectivity index (χ4v) is 3.70. The third kappa shape index (κ3) is 4.75. The molecule has 0 aliphatic carbocycles. The van der Waals surface area contributed by atoms with E-state index in [4.69, 9.17) is 9.47 Å². The topological polar surface area (TPSA) is 55.8 Å². The van der Waals surface area contributed by atoms with Gasteiger partial charge in [0.2, 0.25) is 0 Å². The van der Waals surface area contributed by atoms with Crippen LogP contribution >= 0.6 is 11.8 Å². The third-order valence-electron chi connectivity index (χ3n) is 4.29. The van der Waals surface area contributed by atoms with E-state index in [1.54, 1.807) is 13.2 Å². The molecule has 1 heterocycles. The Balaban J connectivity index is 1.72. The zero-order valence-electron chi connectivity index (χ0n) is 16.0. The largest absolute Gasteiger partial charge is 0.493 e. The highest BCUT2D eigenvalue weighted by Gasteiger charge is 2.34. The molecule has 0 atom stereocenters. The van der Waals surface area contributed by atoms with Crippen LogP contribution in [0.15, 0.2) is 53.4 Å². The fourth-order valence-electron chi connectivity index (χ4n) is 2.83. The maximum absolute atomic E-state index is 12.7. The number of carbonyl (C=O) groups is 2. The van der Waals surface area contributed by atoms with Crippen molar-refractivity contribution in [2.24, 2.45) is 0 Å². The highest BCUT2D eigenvalue weighted by atomic mass is 32.2. The zero-order valence-corrected chi connectivity index (χ0v) is 16.8. The first kappa shape index (κ1) is 20.0. The van der Waals surface area contributed by atoms with Crippen LogP contribution in [0, 0.1) is 0 Å². The summed E-state index contributed by atoms with van der Waals surface area (Å²) in [6.07, 6.45) is 3.27. The average Bonchev–Trinajstić information content (AvgIpc) is 2.98. The van der Waals surface area contributed by atoms with Crippen LogP contribution in [0.3, 0.4) is 0 Å². The summed E-state index contributed by atoms with van der Waals surface area (Å²) in [5, 5.41) is -0.234. The second-order valence-electron chi connectivity index (χ2n) is 6.33. The Labute approximate surface area is 169 Å². The minimum Gasteiger partial charge on any atom is -0.493 e. The number of benzene rings is 2. The van der Waals surface area contributed by atoms with Crippen molar-refractivity contribution >= 4 is 29.0 Å². The summed E-state index contributed by atoms with van der Waals surface area (Å²) in [6.45, 7) is 3.02. The van der Waals surface area contributed by atoms with Gasteiger partial charge < -0.3 is 9.47 Å². The first-order valence-corrected chi connectivity index (χ1v) is 10.0. The summed E-state index contributed by atoms with van der Waals surface area (Å²) >= 11 is 0.970. The van der Waals surface area contributed by atoms with Crippen molar-refractivity contribution in [2.45, 2.75) is 19.8 Å². The van der Waals surface area contributed by atoms with E-state index in [1.807, 2.05) is 55.5 Å². The van der Waals surface area contributed by atoms with Crippen molar-refractivity contribution in [3.63, 3.8) is 0 Å². The summed E-state index contributed by atoms with van der Waals surface area (Å²) in [5.41, 5.74) is 1.88. The molecule has 5 nitrogen and oxygen atoms in total. The molecule has 0 aromatic heterocycles. The number of methoxy groups -OCH3 is 1. The Morgan fingerprint density at radius 3 is 2.57 bits per heavy atom. The van der Waals surface area contributed by atoms with Crippen LogP contribution in [0.5, 0.6) is 11.5 Å². The van der Waals surface area contributed by atoms with E-state index in [2.05, 4.69) is 0 Å². The monoisotopic (exact) mass is 397 g/mol. The Kier molecular flexibility index (Phi) is 6.76. The van der Waals surface area contributed by atoms with Gasteiger partial charge in [-0.05, 0) is 53.9 Å². The Morgan fingerprint density at radius 2 is 1.86 bits per heavy atom. The van der Waals surface area contributed by atoms with E-state index in [1.165, 1.54) is 4.90 Å². The number of nitrogens with zero attached hydrogens (tertiary/aromatic N) is 1. The van der Waals surface area contributed by atoms with Crippen LogP contribution in [0.4, 0.5) is 4.79 Å². The average molecular weight is 397 g/mol. The second-order valence-corrected chi connectivity index (χ2v) is 7.32. The van der Waals surface area contributed by atoms with E-state index in [0.717, 1.165) is 29.3 Å². The number of thioether (sulfide) groups is 1. The molecule has 2 aromatic carbocycles. The minimum atomic E-state index is -0.254. The molecule has 1 fully saturated rings. The van der Waals surface area contributed by atoms with Crippen LogP contribution in [0.1, 0.15) is 24.5 Å². The fraction of sp³-hybridized carbons (Fsp3) is 0.273. The van der Waals surface area contributed by atoms with Crippen LogP contribution in [-0.4, -0.2) is 36.3 Å². The van der Waals surface area contributed by atoms with E-state index in [-0.39, 0.29) is 11.1 Å². The maximum atomic E-state index is 12.7. The molecule has 2 amide bonds. The lowest BCUT2D eigenvalue weighted by atomic mass is 10.1. The smallest absolute Gasteiger partial charge is 0.293 e. The summed E-state index contributed by atoms with van der Waals surface area (Å²) in [4.78, 5) is 26.7. The Bertz CT molecular complexity index is 879. The summed E-state index contributed by atoms with van der Waals surface area (Å²) in [5.74, 6) is 1.01. The first-order chi connectivity index (χ1) is 13.6. The van der Waals surface area contributed by atoms with Crippen molar-refractivity contribution < 1.29 is 19.1 Å². The molecule has 2 aromatic rings. The molecule has 0 bridgehead atoms. The summed E-state index contributed by atoms with van der Waals surface area (Å²) in [7, 11) is 1.58. The Morgan fingerprint density at radius 1 is 1.07 bits per heavy atom. The van der Waals surface area contributed by atoms with E-state index in [9.17, 15) is 9.59 Å². The van der Waals surface area contributed by atoms with Gasteiger partial charge in [-0.25, -0.2) is 0 Å². The minimum absolute atomic E-state index is 0.234. The van der Waals surface area contributed by atoms with Crippen molar-refractivity contribution in [2.75, 3.05) is 20.3 Å². The third-order valence-corrected chi connectivity index (χ3v) is 5.20. The normalized spacial score (nSPS) is 15.4. The molecule has 6 heteroatoms. The van der Waals surface area contributed by atoms with Gasteiger partial charge in [0.25, 0.3) is 11.1 Å². The van der Waals surface area contributed by atoms with Gasteiger partial charge in [-0.3, -0.25) is 14.5 Å². The molecule has 28 heavy (non-hydrogen) atoms. The van der Waals surface area contributed by atoms with Gasteiger partial charge in [-0.2, -0.15) is 0 Å². The predicted octanol–water partition coefficient (Wildman–Crippen LogP) is 4.76. The molecule has 1 aliphatic heterocycles.